The lowest BCUT2D eigenvalue weighted by Gasteiger charge is -2.39. The highest BCUT2D eigenvalue weighted by atomic mass is 16.7. The highest BCUT2D eigenvalue weighted by Gasteiger charge is 2.44. The van der Waals surface area contributed by atoms with Crippen LogP contribution in [0.4, 0.5) is 4.79 Å². The van der Waals surface area contributed by atoms with Crippen molar-refractivity contribution in [3.05, 3.63) is 59.7 Å². The van der Waals surface area contributed by atoms with Crippen LogP contribution in [0.15, 0.2) is 48.5 Å². The number of hydrogen-bond donors (Lipinski definition) is 3. The van der Waals surface area contributed by atoms with Gasteiger partial charge in [0.05, 0.1) is 0 Å². The number of ether oxygens (including phenoxy) is 3. The van der Waals surface area contributed by atoms with Crippen LogP contribution < -0.4 is 25.4 Å². The van der Waals surface area contributed by atoms with Crippen molar-refractivity contribution in [2.75, 3.05) is 26.6 Å². The molecule has 0 bridgehead atoms. The highest BCUT2D eigenvalue weighted by molar-refractivity contribution is 5.91. The molecule has 186 valence electrons. The van der Waals surface area contributed by atoms with Crippen molar-refractivity contribution in [2.45, 2.75) is 56.0 Å². The van der Waals surface area contributed by atoms with Gasteiger partial charge in [-0.3, -0.25) is 4.79 Å². The first kappa shape index (κ1) is 23.5. The largest absolute Gasteiger partial charge is 0.454 e. The third-order valence-electron chi connectivity index (χ3n) is 7.56. The van der Waals surface area contributed by atoms with Gasteiger partial charge in [0.15, 0.2) is 11.5 Å². The summed E-state index contributed by atoms with van der Waals surface area (Å²) < 4.78 is 16.7. The lowest BCUT2D eigenvalue weighted by molar-refractivity contribution is -0.127. The first-order valence-corrected chi connectivity index (χ1v) is 12.4. The molecule has 1 aliphatic carbocycles. The van der Waals surface area contributed by atoms with Gasteiger partial charge in [-0.1, -0.05) is 49.2 Å². The summed E-state index contributed by atoms with van der Waals surface area (Å²) in [6, 6.07) is 15.4. The Labute approximate surface area is 205 Å². The quantitative estimate of drug-likeness (QED) is 0.566. The molecule has 8 heteroatoms. The van der Waals surface area contributed by atoms with Crippen LogP contribution in [0, 0.1) is 0 Å². The molecule has 0 radical (unpaired) electrons. The average molecular weight is 480 g/mol. The zero-order valence-electron chi connectivity index (χ0n) is 19.9. The fraction of sp³-hybridized carbons (Fsp3) is 0.481. The molecular formula is C27H33N3O5. The summed E-state index contributed by atoms with van der Waals surface area (Å²) in [6.45, 7) is 2.39. The third kappa shape index (κ3) is 5.07. The maximum atomic E-state index is 13.6. The Morgan fingerprint density at radius 1 is 0.857 bits per heavy atom. The zero-order valence-corrected chi connectivity index (χ0v) is 19.9. The van der Waals surface area contributed by atoms with Gasteiger partial charge in [-0.2, -0.15) is 0 Å². The Bertz CT molecular complexity index is 1050. The maximum absolute atomic E-state index is 13.6. The summed E-state index contributed by atoms with van der Waals surface area (Å²) in [4.78, 5) is 26.3. The van der Waals surface area contributed by atoms with Crippen LogP contribution in [-0.2, 0) is 21.5 Å². The monoisotopic (exact) mass is 479 g/mol. The summed E-state index contributed by atoms with van der Waals surface area (Å²) in [7, 11) is 0. The minimum Gasteiger partial charge on any atom is -0.454 e. The highest BCUT2D eigenvalue weighted by Crippen LogP contribution is 2.41. The Morgan fingerprint density at radius 3 is 2.37 bits per heavy atom. The minimum atomic E-state index is -0.887. The molecule has 8 nitrogen and oxygen atoms in total. The van der Waals surface area contributed by atoms with Gasteiger partial charge in [0, 0.05) is 31.7 Å². The van der Waals surface area contributed by atoms with Gasteiger partial charge in [-0.05, 0) is 48.9 Å². The predicted molar refractivity (Wildman–Crippen MR) is 130 cm³/mol. The van der Waals surface area contributed by atoms with Crippen molar-refractivity contribution in [3.63, 3.8) is 0 Å². The van der Waals surface area contributed by atoms with E-state index in [4.69, 9.17) is 14.2 Å². The first-order chi connectivity index (χ1) is 17.1. The number of urea groups is 1. The number of amides is 3. The van der Waals surface area contributed by atoms with Gasteiger partial charge < -0.3 is 30.2 Å². The third-order valence-corrected chi connectivity index (χ3v) is 7.56. The second-order valence-corrected chi connectivity index (χ2v) is 9.73. The summed E-state index contributed by atoms with van der Waals surface area (Å²) in [6.07, 6.45) is 4.69. The molecule has 0 spiro atoms. The molecule has 2 heterocycles. The van der Waals surface area contributed by atoms with Gasteiger partial charge in [-0.25, -0.2) is 4.79 Å². The summed E-state index contributed by atoms with van der Waals surface area (Å²) in [5.74, 6) is 1.37. The Balaban J connectivity index is 1.26. The number of rotatable bonds is 7. The lowest BCUT2D eigenvalue weighted by Crippen LogP contribution is -2.60. The van der Waals surface area contributed by atoms with Crippen LogP contribution >= 0.6 is 0 Å². The van der Waals surface area contributed by atoms with Gasteiger partial charge >= 0.3 is 6.03 Å². The van der Waals surface area contributed by atoms with Crippen molar-refractivity contribution in [3.8, 4) is 11.5 Å². The van der Waals surface area contributed by atoms with E-state index in [0.29, 0.717) is 39.1 Å². The van der Waals surface area contributed by atoms with E-state index in [9.17, 15) is 9.59 Å². The number of fused-ring (bicyclic) bond motifs is 1. The van der Waals surface area contributed by atoms with E-state index in [2.05, 4.69) is 22.0 Å². The van der Waals surface area contributed by atoms with E-state index in [-0.39, 0.29) is 24.1 Å². The molecule has 35 heavy (non-hydrogen) atoms. The van der Waals surface area contributed by atoms with E-state index in [0.717, 1.165) is 48.3 Å². The normalized spacial score (nSPS) is 19.7. The molecule has 1 saturated heterocycles. The molecule has 0 aromatic heterocycles. The Morgan fingerprint density at radius 2 is 1.60 bits per heavy atom. The fourth-order valence-electron chi connectivity index (χ4n) is 5.40. The maximum Gasteiger partial charge on any atom is 0.315 e. The molecular weight excluding hydrogens is 446 g/mol. The Kier molecular flexibility index (Phi) is 6.81. The Hall–Kier alpha value is -3.26. The second-order valence-electron chi connectivity index (χ2n) is 9.73. The van der Waals surface area contributed by atoms with Gasteiger partial charge in [0.2, 0.25) is 12.7 Å². The molecule has 0 unspecified atom stereocenters. The number of nitrogens with one attached hydrogen (secondary N) is 3. The van der Waals surface area contributed by atoms with Crippen LogP contribution in [0.25, 0.3) is 0 Å². The zero-order chi connectivity index (χ0) is 24.1. The standard InChI is InChI=1S/C27H33N3O5/c31-24(27(10-4-5-11-27)30-25(32)28-17-20-6-2-1-3-7-20)29-18-26(12-14-33-15-13-26)21-8-9-22-23(16-21)35-19-34-22/h1-3,6-9,16H,4-5,10-15,17-19H2,(H,29,31)(H2,28,30,32). The number of carbonyl (C=O) groups excluding carboxylic acids is 2. The lowest BCUT2D eigenvalue weighted by atomic mass is 9.73. The average Bonchev–Trinajstić information content (AvgIpc) is 3.57. The minimum absolute atomic E-state index is 0.114. The van der Waals surface area contributed by atoms with Gasteiger partial charge in [-0.15, -0.1) is 0 Å². The summed E-state index contributed by atoms with van der Waals surface area (Å²) in [5, 5.41) is 9.12. The van der Waals surface area contributed by atoms with Crippen LogP contribution in [-0.4, -0.2) is 44.0 Å². The van der Waals surface area contributed by atoms with E-state index in [1.54, 1.807) is 0 Å². The van der Waals surface area contributed by atoms with Crippen molar-refractivity contribution < 1.29 is 23.8 Å². The van der Waals surface area contributed by atoms with Crippen LogP contribution in [0.5, 0.6) is 11.5 Å². The fourth-order valence-corrected chi connectivity index (χ4v) is 5.40. The van der Waals surface area contributed by atoms with E-state index < -0.39 is 5.54 Å². The van der Waals surface area contributed by atoms with Crippen molar-refractivity contribution >= 4 is 11.9 Å². The van der Waals surface area contributed by atoms with Gasteiger partial charge in [0.25, 0.3) is 0 Å². The molecule has 2 aromatic rings. The molecule has 3 N–H and O–H groups in total. The smallest absolute Gasteiger partial charge is 0.315 e. The van der Waals surface area contributed by atoms with Crippen LogP contribution in [0.2, 0.25) is 0 Å². The molecule has 2 fully saturated rings. The number of hydrogen-bond acceptors (Lipinski definition) is 5. The van der Waals surface area contributed by atoms with E-state index in [1.807, 2.05) is 42.5 Å². The predicted octanol–water partition coefficient (Wildman–Crippen LogP) is 3.39. The van der Waals surface area contributed by atoms with Crippen molar-refractivity contribution in [2.24, 2.45) is 0 Å². The van der Waals surface area contributed by atoms with E-state index >= 15 is 0 Å². The molecule has 3 amide bonds. The molecule has 0 atom stereocenters. The number of carbonyl (C=O) groups is 2. The SMILES string of the molecule is O=C(NCc1ccccc1)NC1(C(=O)NCC2(c3ccc4c(c3)OCO4)CCOCC2)CCCC1. The molecule has 3 aliphatic rings. The molecule has 5 rings (SSSR count). The summed E-state index contributed by atoms with van der Waals surface area (Å²) >= 11 is 0. The van der Waals surface area contributed by atoms with Crippen LogP contribution in [0.3, 0.4) is 0 Å². The summed E-state index contributed by atoms with van der Waals surface area (Å²) in [5.41, 5.74) is 0.976. The first-order valence-electron chi connectivity index (χ1n) is 12.4. The topological polar surface area (TPSA) is 97.9 Å². The van der Waals surface area contributed by atoms with Gasteiger partial charge in [0.1, 0.15) is 5.54 Å². The number of benzene rings is 2. The molecule has 1 saturated carbocycles. The van der Waals surface area contributed by atoms with Crippen LogP contribution in [0.1, 0.15) is 49.7 Å². The van der Waals surface area contributed by atoms with Crippen molar-refractivity contribution in [1.29, 1.82) is 0 Å². The molecule has 2 aromatic carbocycles. The van der Waals surface area contributed by atoms with Crippen molar-refractivity contribution in [1.82, 2.24) is 16.0 Å². The second kappa shape index (κ2) is 10.2. The van der Waals surface area contributed by atoms with E-state index in [1.165, 1.54) is 0 Å². The molecule has 2 aliphatic heterocycles.